The normalized spacial score (nSPS) is 12.3. The lowest BCUT2D eigenvalue weighted by Crippen LogP contribution is -2.03. The number of allylic oxidation sites excluding steroid dienone is 1. The fraction of sp³-hybridized carbons (Fsp3) is 0.105. The first kappa shape index (κ1) is 16.0. The Kier molecular flexibility index (Phi) is 4.00. The molecule has 0 aliphatic rings. The summed E-state index contributed by atoms with van der Waals surface area (Å²) in [6.07, 6.45) is 1.45. The highest BCUT2D eigenvalue weighted by Crippen LogP contribution is 2.27. The van der Waals surface area contributed by atoms with Crippen LogP contribution in [0.3, 0.4) is 0 Å². The molecule has 24 heavy (non-hydrogen) atoms. The number of para-hydroxylation sites is 1. The summed E-state index contributed by atoms with van der Waals surface area (Å²) < 4.78 is 25.5. The molecule has 1 heterocycles. The van der Waals surface area contributed by atoms with Gasteiger partial charge < -0.3 is 4.98 Å². The zero-order chi connectivity index (χ0) is 17.3. The van der Waals surface area contributed by atoms with E-state index in [9.17, 15) is 13.7 Å². The minimum atomic E-state index is -3.84. The van der Waals surface area contributed by atoms with Crippen LogP contribution in [0, 0.1) is 25.2 Å². The molecule has 0 spiro atoms. The molecule has 0 unspecified atom stereocenters. The van der Waals surface area contributed by atoms with Gasteiger partial charge in [-0.15, -0.1) is 0 Å². The molecule has 120 valence electrons. The Morgan fingerprint density at radius 2 is 1.75 bits per heavy atom. The predicted octanol–water partition coefficient (Wildman–Crippen LogP) is 4.12. The highest BCUT2D eigenvalue weighted by molar-refractivity contribution is 7.95. The maximum absolute atomic E-state index is 12.7. The molecule has 3 aromatic rings. The second kappa shape index (κ2) is 5.99. The molecule has 1 aromatic heterocycles. The van der Waals surface area contributed by atoms with Crippen molar-refractivity contribution >= 4 is 26.8 Å². The molecule has 0 radical (unpaired) electrons. The molecular formula is C19H16N2O2S. The molecule has 5 heteroatoms. The number of hydrogen-bond acceptors (Lipinski definition) is 3. The first-order valence-corrected chi connectivity index (χ1v) is 8.92. The highest BCUT2D eigenvalue weighted by atomic mass is 32.2. The second-order valence-electron chi connectivity index (χ2n) is 5.65. The van der Waals surface area contributed by atoms with Crippen LogP contribution in [0.25, 0.3) is 17.0 Å². The molecule has 0 amide bonds. The van der Waals surface area contributed by atoms with Gasteiger partial charge in [0.05, 0.1) is 4.90 Å². The van der Waals surface area contributed by atoms with E-state index in [0.29, 0.717) is 0 Å². The molecule has 0 saturated heterocycles. The Morgan fingerprint density at radius 3 is 2.42 bits per heavy atom. The summed E-state index contributed by atoms with van der Waals surface area (Å²) >= 11 is 0. The van der Waals surface area contributed by atoms with Crippen molar-refractivity contribution < 1.29 is 8.42 Å². The third-order valence-electron chi connectivity index (χ3n) is 3.95. The Hall–Kier alpha value is -2.84. The lowest BCUT2D eigenvalue weighted by Gasteiger charge is -2.04. The first-order chi connectivity index (χ1) is 11.4. The van der Waals surface area contributed by atoms with E-state index >= 15 is 0 Å². The fourth-order valence-electron chi connectivity index (χ4n) is 2.63. The van der Waals surface area contributed by atoms with E-state index in [-0.39, 0.29) is 9.80 Å². The third kappa shape index (κ3) is 2.72. The number of sulfone groups is 1. The zero-order valence-corrected chi connectivity index (χ0v) is 14.2. The Bertz CT molecular complexity index is 1080. The van der Waals surface area contributed by atoms with Crippen molar-refractivity contribution in [1.82, 2.24) is 4.98 Å². The van der Waals surface area contributed by atoms with Crippen LogP contribution < -0.4 is 0 Å². The van der Waals surface area contributed by atoms with Crippen molar-refractivity contribution in [2.75, 3.05) is 0 Å². The van der Waals surface area contributed by atoms with Crippen molar-refractivity contribution in [2.45, 2.75) is 18.7 Å². The van der Waals surface area contributed by atoms with Crippen molar-refractivity contribution in [3.05, 3.63) is 70.3 Å². The minimum absolute atomic E-state index is 0.124. The monoisotopic (exact) mass is 336 g/mol. The number of nitrogens with one attached hydrogen (secondary N) is 1. The maximum Gasteiger partial charge on any atom is 0.216 e. The summed E-state index contributed by atoms with van der Waals surface area (Å²) in [5.74, 6) is 0. The maximum atomic E-state index is 12.7. The molecule has 1 N–H and O–H groups in total. The molecule has 0 aliphatic heterocycles. The van der Waals surface area contributed by atoms with E-state index < -0.39 is 9.84 Å². The van der Waals surface area contributed by atoms with E-state index in [1.165, 1.54) is 18.2 Å². The van der Waals surface area contributed by atoms with Gasteiger partial charge in [-0.05, 0) is 38.1 Å². The summed E-state index contributed by atoms with van der Waals surface area (Å²) in [6.45, 7) is 3.74. The molecule has 0 aliphatic carbocycles. The van der Waals surface area contributed by atoms with Crippen LogP contribution in [0.2, 0.25) is 0 Å². The van der Waals surface area contributed by atoms with E-state index in [1.54, 1.807) is 12.1 Å². The van der Waals surface area contributed by atoms with Crippen molar-refractivity contribution in [2.24, 2.45) is 0 Å². The SMILES string of the molecule is Cc1ccc(S(=O)(=O)C(C#N)=Cc2c(C)[nH]c3ccccc23)cc1. The largest absolute Gasteiger partial charge is 0.358 e. The predicted molar refractivity (Wildman–Crippen MR) is 95.0 cm³/mol. The summed E-state index contributed by atoms with van der Waals surface area (Å²) in [5.41, 5.74) is 3.41. The number of fused-ring (bicyclic) bond motifs is 1. The molecule has 2 aromatic carbocycles. The fourth-order valence-corrected chi connectivity index (χ4v) is 3.77. The lowest BCUT2D eigenvalue weighted by molar-refractivity contribution is 0.603. The van der Waals surface area contributed by atoms with Crippen molar-refractivity contribution in [3.8, 4) is 6.07 Å². The van der Waals surface area contributed by atoms with Gasteiger partial charge in [0.2, 0.25) is 9.84 Å². The molecular weight excluding hydrogens is 320 g/mol. The number of hydrogen-bond donors (Lipinski definition) is 1. The molecule has 0 atom stereocenters. The lowest BCUT2D eigenvalue weighted by atomic mass is 10.1. The van der Waals surface area contributed by atoms with Crippen LogP contribution in [-0.2, 0) is 9.84 Å². The average molecular weight is 336 g/mol. The number of H-pyrrole nitrogens is 1. The minimum Gasteiger partial charge on any atom is -0.358 e. The number of rotatable bonds is 3. The Labute approximate surface area is 141 Å². The van der Waals surface area contributed by atoms with E-state index in [0.717, 1.165) is 27.7 Å². The molecule has 0 saturated carbocycles. The highest BCUT2D eigenvalue weighted by Gasteiger charge is 2.21. The van der Waals surface area contributed by atoms with E-state index in [2.05, 4.69) is 4.98 Å². The molecule has 0 fully saturated rings. The Morgan fingerprint density at radius 1 is 1.08 bits per heavy atom. The zero-order valence-electron chi connectivity index (χ0n) is 13.4. The summed E-state index contributed by atoms with van der Waals surface area (Å²) in [5, 5.41) is 10.3. The average Bonchev–Trinajstić information content (AvgIpc) is 2.88. The number of aryl methyl sites for hydroxylation is 2. The summed E-state index contributed by atoms with van der Waals surface area (Å²) in [6, 6.07) is 15.9. The number of benzene rings is 2. The molecule has 4 nitrogen and oxygen atoms in total. The number of nitriles is 1. The van der Waals surface area contributed by atoms with Gasteiger partial charge >= 0.3 is 0 Å². The summed E-state index contributed by atoms with van der Waals surface area (Å²) in [7, 11) is -3.84. The summed E-state index contributed by atoms with van der Waals surface area (Å²) in [4.78, 5) is 3.07. The first-order valence-electron chi connectivity index (χ1n) is 7.44. The smallest absolute Gasteiger partial charge is 0.216 e. The second-order valence-corrected chi connectivity index (χ2v) is 7.56. The van der Waals surface area contributed by atoms with Gasteiger partial charge in [-0.3, -0.25) is 0 Å². The van der Waals surface area contributed by atoms with Crippen LogP contribution in [0.4, 0.5) is 0 Å². The van der Waals surface area contributed by atoms with Crippen LogP contribution in [-0.4, -0.2) is 13.4 Å². The van der Waals surface area contributed by atoms with Gasteiger partial charge in [-0.2, -0.15) is 5.26 Å². The molecule has 0 bridgehead atoms. The van der Waals surface area contributed by atoms with Crippen LogP contribution in [0.1, 0.15) is 16.8 Å². The number of aromatic nitrogens is 1. The van der Waals surface area contributed by atoms with Gasteiger partial charge in [0, 0.05) is 22.2 Å². The van der Waals surface area contributed by atoms with Gasteiger partial charge in [0.15, 0.2) is 0 Å². The van der Waals surface area contributed by atoms with Gasteiger partial charge in [0.25, 0.3) is 0 Å². The van der Waals surface area contributed by atoms with Crippen LogP contribution >= 0.6 is 0 Å². The van der Waals surface area contributed by atoms with Crippen LogP contribution in [0.15, 0.2) is 58.3 Å². The van der Waals surface area contributed by atoms with Crippen molar-refractivity contribution in [3.63, 3.8) is 0 Å². The van der Waals surface area contributed by atoms with Crippen LogP contribution in [0.5, 0.6) is 0 Å². The number of nitrogens with zero attached hydrogens (tertiary/aromatic N) is 1. The number of aromatic amines is 1. The third-order valence-corrected chi connectivity index (χ3v) is 5.63. The standard InChI is InChI=1S/C19H16N2O2S/c1-13-7-9-15(10-8-13)24(22,23)16(12-20)11-18-14(2)21-19-6-4-3-5-17(18)19/h3-11,21H,1-2H3. The Balaban J connectivity index is 2.17. The quantitative estimate of drug-likeness (QED) is 0.731. The van der Waals surface area contributed by atoms with E-state index in [1.807, 2.05) is 44.2 Å². The van der Waals surface area contributed by atoms with E-state index in [4.69, 9.17) is 0 Å². The van der Waals surface area contributed by atoms with Gasteiger partial charge in [-0.25, -0.2) is 8.42 Å². The molecule has 3 rings (SSSR count). The van der Waals surface area contributed by atoms with Crippen molar-refractivity contribution in [1.29, 1.82) is 5.26 Å². The topological polar surface area (TPSA) is 73.7 Å². The van der Waals surface area contributed by atoms with Gasteiger partial charge in [0.1, 0.15) is 11.0 Å². The van der Waals surface area contributed by atoms with Gasteiger partial charge in [-0.1, -0.05) is 35.9 Å².